The van der Waals surface area contributed by atoms with Crippen molar-refractivity contribution in [1.29, 1.82) is 0 Å². The summed E-state index contributed by atoms with van der Waals surface area (Å²) in [6.07, 6.45) is 4.14. The number of allylic oxidation sites excluding steroid dienone is 2. The molecule has 2 aliphatic carbocycles. The first-order valence-corrected chi connectivity index (χ1v) is 9.00. The fourth-order valence-electron chi connectivity index (χ4n) is 4.63. The monoisotopic (exact) mass is 320 g/mol. The zero-order chi connectivity index (χ0) is 16.8. The third-order valence-corrected chi connectivity index (χ3v) is 5.78. The summed E-state index contributed by atoms with van der Waals surface area (Å²) < 4.78 is 0. The summed E-state index contributed by atoms with van der Waals surface area (Å²) in [5.41, 5.74) is 8.14. The predicted molar refractivity (Wildman–Crippen MR) is 98.0 cm³/mol. The highest BCUT2D eigenvalue weighted by atomic mass is 16.3. The number of benzene rings is 2. The van der Waals surface area contributed by atoms with Crippen molar-refractivity contribution in [3.8, 4) is 11.5 Å². The van der Waals surface area contributed by atoms with Gasteiger partial charge in [-0.05, 0) is 95.2 Å². The summed E-state index contributed by atoms with van der Waals surface area (Å²) in [6, 6.07) is 11.7. The molecule has 0 aliphatic heterocycles. The molecule has 2 atom stereocenters. The van der Waals surface area contributed by atoms with E-state index in [0.717, 1.165) is 25.7 Å². The molecule has 0 heterocycles. The van der Waals surface area contributed by atoms with Crippen LogP contribution < -0.4 is 0 Å². The van der Waals surface area contributed by atoms with E-state index in [4.69, 9.17) is 0 Å². The molecule has 2 aromatic carbocycles. The van der Waals surface area contributed by atoms with Gasteiger partial charge in [-0.15, -0.1) is 0 Å². The number of phenolic OH excluding ortho intramolecular Hbond substituents is 2. The second-order valence-corrected chi connectivity index (χ2v) is 7.13. The van der Waals surface area contributed by atoms with Gasteiger partial charge in [-0.25, -0.2) is 0 Å². The minimum Gasteiger partial charge on any atom is -0.508 e. The number of rotatable bonds is 2. The molecule has 0 spiro atoms. The molecule has 0 saturated heterocycles. The molecule has 4 rings (SSSR count). The highest BCUT2D eigenvalue weighted by Crippen LogP contribution is 2.51. The summed E-state index contributed by atoms with van der Waals surface area (Å²) >= 11 is 0. The predicted octanol–water partition coefficient (Wildman–Crippen LogP) is 5.17. The number of phenols is 2. The number of aromatic hydroxyl groups is 2. The normalized spacial score (nSPS) is 21.9. The van der Waals surface area contributed by atoms with Crippen LogP contribution in [-0.2, 0) is 12.8 Å². The second kappa shape index (κ2) is 5.70. The zero-order valence-corrected chi connectivity index (χ0v) is 14.3. The van der Waals surface area contributed by atoms with E-state index < -0.39 is 0 Å². The maximum Gasteiger partial charge on any atom is 0.115 e. The molecule has 2 aromatic rings. The van der Waals surface area contributed by atoms with Crippen LogP contribution in [0.2, 0.25) is 0 Å². The lowest BCUT2D eigenvalue weighted by Gasteiger charge is -2.38. The number of hydrogen-bond acceptors (Lipinski definition) is 2. The van der Waals surface area contributed by atoms with Crippen LogP contribution in [0.25, 0.3) is 11.1 Å². The molecular formula is C22H24O2. The van der Waals surface area contributed by atoms with E-state index in [0.29, 0.717) is 23.3 Å². The van der Waals surface area contributed by atoms with E-state index in [-0.39, 0.29) is 0 Å². The molecule has 24 heavy (non-hydrogen) atoms. The van der Waals surface area contributed by atoms with Crippen molar-refractivity contribution in [2.24, 2.45) is 11.8 Å². The molecule has 2 heteroatoms. The lowest BCUT2D eigenvalue weighted by atomic mass is 9.66. The van der Waals surface area contributed by atoms with Crippen molar-refractivity contribution >= 4 is 11.1 Å². The first-order chi connectivity index (χ1) is 11.6. The minimum atomic E-state index is 0.363. The summed E-state index contributed by atoms with van der Waals surface area (Å²) in [5, 5.41) is 19.8. The van der Waals surface area contributed by atoms with Crippen LogP contribution in [0.3, 0.4) is 0 Å². The van der Waals surface area contributed by atoms with Gasteiger partial charge in [-0.2, -0.15) is 0 Å². The molecule has 2 N–H and O–H groups in total. The largest absolute Gasteiger partial charge is 0.508 e. The summed E-state index contributed by atoms with van der Waals surface area (Å²) in [7, 11) is 0. The van der Waals surface area contributed by atoms with Gasteiger partial charge in [0.2, 0.25) is 0 Å². The highest BCUT2D eigenvalue weighted by molar-refractivity contribution is 5.98. The molecular weight excluding hydrogens is 296 g/mol. The number of fused-ring (bicyclic) bond motifs is 4. The summed E-state index contributed by atoms with van der Waals surface area (Å²) in [6.45, 7) is 4.50. The SMILES string of the molecule is CC[C@@H]1Cc2cc(O)ccc2C2=C1c1ccc(O)cc1C[C@@H]2CC. The lowest BCUT2D eigenvalue weighted by Crippen LogP contribution is -2.24. The third-order valence-electron chi connectivity index (χ3n) is 5.78. The van der Waals surface area contributed by atoms with Crippen molar-refractivity contribution in [2.75, 3.05) is 0 Å². The molecule has 2 nitrogen and oxygen atoms in total. The Labute approximate surface area is 143 Å². The van der Waals surface area contributed by atoms with Gasteiger partial charge >= 0.3 is 0 Å². The first-order valence-electron chi connectivity index (χ1n) is 9.00. The van der Waals surface area contributed by atoms with Gasteiger partial charge in [0.05, 0.1) is 0 Å². The highest BCUT2D eigenvalue weighted by Gasteiger charge is 2.35. The van der Waals surface area contributed by atoms with Crippen LogP contribution in [-0.4, -0.2) is 10.2 Å². The van der Waals surface area contributed by atoms with Crippen LogP contribution in [0, 0.1) is 11.8 Å². The van der Waals surface area contributed by atoms with Gasteiger partial charge in [0.25, 0.3) is 0 Å². The Morgan fingerprint density at radius 2 is 1.17 bits per heavy atom. The van der Waals surface area contributed by atoms with Crippen LogP contribution in [0.15, 0.2) is 36.4 Å². The Kier molecular flexibility index (Phi) is 3.64. The molecule has 0 fully saturated rings. The van der Waals surface area contributed by atoms with Crippen molar-refractivity contribution in [2.45, 2.75) is 39.5 Å². The fourth-order valence-corrected chi connectivity index (χ4v) is 4.63. The van der Waals surface area contributed by atoms with E-state index in [9.17, 15) is 10.2 Å². The Bertz CT molecular complexity index is 762. The lowest BCUT2D eigenvalue weighted by molar-refractivity contribution is 0.471. The second-order valence-electron chi connectivity index (χ2n) is 7.13. The number of hydrogen-bond donors (Lipinski definition) is 2. The first kappa shape index (κ1) is 15.3. The fraction of sp³-hybridized carbons (Fsp3) is 0.364. The smallest absolute Gasteiger partial charge is 0.115 e. The molecule has 124 valence electrons. The maximum absolute atomic E-state index is 9.91. The van der Waals surface area contributed by atoms with Gasteiger partial charge in [0, 0.05) is 0 Å². The maximum atomic E-state index is 9.91. The van der Waals surface area contributed by atoms with Crippen molar-refractivity contribution in [3.63, 3.8) is 0 Å². The van der Waals surface area contributed by atoms with E-state index in [1.54, 1.807) is 0 Å². The Morgan fingerprint density at radius 1 is 0.750 bits per heavy atom. The average molecular weight is 320 g/mol. The molecule has 0 unspecified atom stereocenters. The average Bonchev–Trinajstić information content (AvgIpc) is 2.59. The topological polar surface area (TPSA) is 40.5 Å². The molecule has 0 amide bonds. The molecule has 0 bridgehead atoms. The summed E-state index contributed by atoms with van der Waals surface area (Å²) in [4.78, 5) is 0. The quantitative estimate of drug-likeness (QED) is 0.801. The molecule has 0 aromatic heterocycles. The third kappa shape index (κ3) is 2.24. The van der Waals surface area contributed by atoms with Gasteiger partial charge in [-0.1, -0.05) is 26.0 Å². The van der Waals surface area contributed by atoms with Crippen LogP contribution in [0.5, 0.6) is 11.5 Å². The van der Waals surface area contributed by atoms with Gasteiger partial charge in [0.15, 0.2) is 0 Å². The Morgan fingerprint density at radius 3 is 1.54 bits per heavy atom. The molecule has 0 radical (unpaired) electrons. The van der Waals surface area contributed by atoms with Crippen molar-refractivity contribution < 1.29 is 10.2 Å². The Balaban J connectivity index is 2.01. The standard InChI is InChI=1S/C22H24O2/c1-3-13-9-15-11-17(23)6-8-20(15)22-14(4-2)10-16-12-18(24)5-7-19(16)21(13)22/h5-8,11-14,23-24H,3-4,9-10H2,1-2H3/t13-,14+. The zero-order valence-electron chi connectivity index (χ0n) is 14.3. The molecule has 2 aliphatic rings. The minimum absolute atomic E-state index is 0.363. The Hall–Kier alpha value is -2.22. The van der Waals surface area contributed by atoms with Crippen molar-refractivity contribution in [1.82, 2.24) is 0 Å². The van der Waals surface area contributed by atoms with E-state index >= 15 is 0 Å². The van der Waals surface area contributed by atoms with Crippen LogP contribution >= 0.6 is 0 Å². The van der Waals surface area contributed by atoms with Gasteiger partial charge < -0.3 is 10.2 Å². The van der Waals surface area contributed by atoms with E-state index in [1.807, 2.05) is 24.3 Å². The van der Waals surface area contributed by atoms with E-state index in [1.165, 1.54) is 33.4 Å². The van der Waals surface area contributed by atoms with Crippen LogP contribution in [0.1, 0.15) is 48.9 Å². The van der Waals surface area contributed by atoms with Gasteiger partial charge in [-0.3, -0.25) is 0 Å². The van der Waals surface area contributed by atoms with Crippen LogP contribution in [0.4, 0.5) is 0 Å². The van der Waals surface area contributed by atoms with Crippen molar-refractivity contribution in [3.05, 3.63) is 58.7 Å². The van der Waals surface area contributed by atoms with Gasteiger partial charge in [0.1, 0.15) is 11.5 Å². The molecule has 0 saturated carbocycles. The summed E-state index contributed by atoms with van der Waals surface area (Å²) in [5.74, 6) is 1.68. The van der Waals surface area contributed by atoms with E-state index in [2.05, 4.69) is 26.0 Å².